The Labute approximate surface area is 180 Å². The molecule has 2 atom stereocenters. The second kappa shape index (κ2) is 10.2. The van der Waals surface area contributed by atoms with E-state index in [-0.39, 0.29) is 6.42 Å². The van der Waals surface area contributed by atoms with Gasteiger partial charge >= 0.3 is 0 Å². The highest BCUT2D eigenvalue weighted by molar-refractivity contribution is 7.92. The van der Waals surface area contributed by atoms with E-state index in [9.17, 15) is 13.2 Å². The largest absolute Gasteiger partial charge is 0.351 e. The summed E-state index contributed by atoms with van der Waals surface area (Å²) >= 11 is 0. The lowest BCUT2D eigenvalue weighted by Crippen LogP contribution is -2.41. The Balaban J connectivity index is 1.67. The van der Waals surface area contributed by atoms with E-state index in [1.165, 1.54) is 18.4 Å². The number of amides is 1. The fourth-order valence-corrected chi connectivity index (χ4v) is 5.09. The van der Waals surface area contributed by atoms with Crippen LogP contribution in [-0.2, 0) is 34.1 Å². The van der Waals surface area contributed by atoms with Crippen molar-refractivity contribution in [2.75, 3.05) is 19.3 Å². The molecule has 6 heteroatoms. The molecule has 0 spiro atoms. The van der Waals surface area contributed by atoms with Gasteiger partial charge in [-0.1, -0.05) is 61.5 Å². The molecule has 162 valence electrons. The van der Waals surface area contributed by atoms with Gasteiger partial charge < -0.3 is 5.32 Å². The summed E-state index contributed by atoms with van der Waals surface area (Å²) in [6.07, 6.45) is 3.81. The highest BCUT2D eigenvalue weighted by atomic mass is 32.2. The van der Waals surface area contributed by atoms with Gasteiger partial charge in [-0.3, -0.25) is 9.69 Å². The van der Waals surface area contributed by atoms with Gasteiger partial charge in [0.2, 0.25) is 5.91 Å². The van der Waals surface area contributed by atoms with Crippen LogP contribution in [0.1, 0.15) is 36.5 Å². The van der Waals surface area contributed by atoms with Crippen LogP contribution >= 0.6 is 0 Å². The molecule has 0 saturated carbocycles. The summed E-state index contributed by atoms with van der Waals surface area (Å²) < 4.78 is 24.6. The van der Waals surface area contributed by atoms with Gasteiger partial charge in [0.15, 0.2) is 9.84 Å². The zero-order valence-corrected chi connectivity index (χ0v) is 18.7. The molecule has 3 rings (SSSR count). The number of hydrogen-bond donors (Lipinski definition) is 1. The van der Waals surface area contributed by atoms with Crippen LogP contribution in [0.15, 0.2) is 54.6 Å². The molecule has 5 nitrogen and oxygen atoms in total. The van der Waals surface area contributed by atoms with E-state index < -0.39 is 21.0 Å². The molecule has 2 aromatic carbocycles. The Morgan fingerprint density at radius 3 is 2.43 bits per heavy atom. The Morgan fingerprint density at radius 1 is 1.10 bits per heavy atom. The van der Waals surface area contributed by atoms with E-state index in [2.05, 4.69) is 23.2 Å². The second-order valence-corrected chi connectivity index (χ2v) is 10.7. The second-order valence-electron chi connectivity index (χ2n) is 8.48. The first-order valence-electron chi connectivity index (χ1n) is 10.6. The van der Waals surface area contributed by atoms with E-state index in [1.807, 2.05) is 48.5 Å². The molecule has 2 unspecified atom stereocenters. The van der Waals surface area contributed by atoms with Gasteiger partial charge in [-0.25, -0.2) is 8.42 Å². The summed E-state index contributed by atoms with van der Waals surface area (Å²) in [5.41, 5.74) is 3.06. The average molecular weight is 429 g/mol. The van der Waals surface area contributed by atoms with Gasteiger partial charge in [0.1, 0.15) is 5.25 Å². The van der Waals surface area contributed by atoms with Crippen LogP contribution in [0.5, 0.6) is 0 Å². The fraction of sp³-hybridized carbons (Fsp3) is 0.458. The lowest BCUT2D eigenvalue weighted by molar-refractivity contribution is -0.120. The topological polar surface area (TPSA) is 66.5 Å². The normalized spacial score (nSPS) is 18.7. The molecule has 1 heterocycles. The molecule has 0 aliphatic carbocycles. The lowest BCUT2D eigenvalue weighted by atomic mass is 9.99. The zero-order valence-electron chi connectivity index (χ0n) is 17.9. The molecular weight excluding hydrogens is 396 g/mol. The van der Waals surface area contributed by atoms with Crippen molar-refractivity contribution in [2.45, 2.75) is 44.5 Å². The smallest absolute Gasteiger partial charge is 0.238 e. The quantitative estimate of drug-likeness (QED) is 0.701. The minimum atomic E-state index is -3.53. The first-order chi connectivity index (χ1) is 14.3. The van der Waals surface area contributed by atoms with Gasteiger partial charge in [-0.05, 0) is 48.4 Å². The van der Waals surface area contributed by atoms with E-state index in [4.69, 9.17) is 0 Å². The predicted molar refractivity (Wildman–Crippen MR) is 121 cm³/mol. The molecular formula is C24H32N2O3S. The van der Waals surface area contributed by atoms with Crippen molar-refractivity contribution in [2.24, 2.45) is 5.92 Å². The summed E-state index contributed by atoms with van der Waals surface area (Å²) in [6, 6.07) is 17.4. The van der Waals surface area contributed by atoms with Crippen molar-refractivity contribution in [3.8, 4) is 0 Å². The molecule has 2 aromatic rings. The van der Waals surface area contributed by atoms with Crippen LogP contribution in [-0.4, -0.2) is 43.8 Å². The van der Waals surface area contributed by atoms with Crippen molar-refractivity contribution >= 4 is 15.7 Å². The van der Waals surface area contributed by atoms with E-state index >= 15 is 0 Å². The van der Waals surface area contributed by atoms with Crippen molar-refractivity contribution in [1.82, 2.24) is 10.2 Å². The minimum absolute atomic E-state index is 0.179. The van der Waals surface area contributed by atoms with Crippen LogP contribution in [0.25, 0.3) is 0 Å². The summed E-state index contributed by atoms with van der Waals surface area (Å²) in [7, 11) is -3.53. The van der Waals surface area contributed by atoms with Gasteiger partial charge in [0, 0.05) is 25.9 Å². The molecule has 1 fully saturated rings. The van der Waals surface area contributed by atoms with Gasteiger partial charge in [0.05, 0.1) is 0 Å². The maximum atomic E-state index is 12.8. The first-order valence-corrected chi connectivity index (χ1v) is 12.6. The molecule has 1 amide bonds. The van der Waals surface area contributed by atoms with E-state index in [1.54, 1.807) is 0 Å². The standard InChI is InChI=1S/C24H32N2O3S/c1-19-9-8-14-26(17-19)18-22-13-7-6-12-21(22)16-25-24(27)23(30(2,28)29)15-20-10-4-3-5-11-20/h3-7,10-13,19,23H,8-9,14-18H2,1-2H3,(H,25,27). The highest BCUT2D eigenvalue weighted by Gasteiger charge is 2.29. The number of benzene rings is 2. The van der Waals surface area contributed by atoms with E-state index in [0.717, 1.165) is 37.0 Å². The molecule has 0 aromatic heterocycles. The molecule has 1 aliphatic rings. The number of hydrogen-bond acceptors (Lipinski definition) is 4. The van der Waals surface area contributed by atoms with Crippen LogP contribution in [0.4, 0.5) is 0 Å². The first kappa shape index (κ1) is 22.5. The van der Waals surface area contributed by atoms with Gasteiger partial charge in [-0.15, -0.1) is 0 Å². The van der Waals surface area contributed by atoms with Crippen LogP contribution in [0, 0.1) is 5.92 Å². The van der Waals surface area contributed by atoms with Crippen LogP contribution < -0.4 is 5.32 Å². The fourth-order valence-electron chi connectivity index (χ4n) is 4.12. The Morgan fingerprint density at radius 2 is 1.77 bits per heavy atom. The molecule has 30 heavy (non-hydrogen) atoms. The lowest BCUT2D eigenvalue weighted by Gasteiger charge is -2.31. The van der Waals surface area contributed by atoms with Crippen molar-refractivity contribution in [3.05, 3.63) is 71.3 Å². The van der Waals surface area contributed by atoms with Crippen LogP contribution in [0.2, 0.25) is 0 Å². The average Bonchev–Trinajstić information content (AvgIpc) is 2.71. The number of sulfone groups is 1. The third kappa shape index (κ3) is 6.41. The monoisotopic (exact) mass is 428 g/mol. The molecule has 0 radical (unpaired) electrons. The number of nitrogens with one attached hydrogen (secondary N) is 1. The number of nitrogens with zero attached hydrogens (tertiary/aromatic N) is 1. The molecule has 1 aliphatic heterocycles. The van der Waals surface area contributed by atoms with Gasteiger partial charge in [-0.2, -0.15) is 0 Å². The molecule has 1 saturated heterocycles. The SMILES string of the molecule is CC1CCCN(Cc2ccccc2CNC(=O)C(Cc2ccccc2)S(C)(=O)=O)C1. The minimum Gasteiger partial charge on any atom is -0.351 e. The number of likely N-dealkylation sites (tertiary alicyclic amines) is 1. The maximum absolute atomic E-state index is 12.8. The number of carbonyl (C=O) groups is 1. The predicted octanol–water partition coefficient (Wildman–Crippen LogP) is 3.19. The number of piperidine rings is 1. The third-order valence-corrected chi connectivity index (χ3v) is 7.19. The molecule has 1 N–H and O–H groups in total. The van der Waals surface area contributed by atoms with Crippen LogP contribution in [0.3, 0.4) is 0 Å². The maximum Gasteiger partial charge on any atom is 0.238 e. The number of carbonyl (C=O) groups excluding carboxylic acids is 1. The van der Waals surface area contributed by atoms with Crippen molar-refractivity contribution in [3.63, 3.8) is 0 Å². The Bertz CT molecular complexity index is 944. The highest BCUT2D eigenvalue weighted by Crippen LogP contribution is 2.20. The van der Waals surface area contributed by atoms with E-state index in [0.29, 0.717) is 12.5 Å². The van der Waals surface area contributed by atoms with Crippen molar-refractivity contribution < 1.29 is 13.2 Å². The van der Waals surface area contributed by atoms with Gasteiger partial charge in [0.25, 0.3) is 0 Å². The molecule has 0 bridgehead atoms. The Kier molecular flexibility index (Phi) is 7.67. The van der Waals surface area contributed by atoms with Crippen molar-refractivity contribution in [1.29, 1.82) is 0 Å². The summed E-state index contributed by atoms with van der Waals surface area (Å²) in [5.74, 6) is 0.266. The third-order valence-electron chi connectivity index (χ3n) is 5.78. The Hall–Kier alpha value is -2.18. The zero-order chi connectivity index (χ0) is 21.6. The number of rotatable bonds is 8. The summed E-state index contributed by atoms with van der Waals surface area (Å²) in [6.45, 7) is 5.66. The summed E-state index contributed by atoms with van der Waals surface area (Å²) in [4.78, 5) is 15.3. The summed E-state index contributed by atoms with van der Waals surface area (Å²) in [5, 5.41) is 1.79.